The number of carboxylic acids is 1. The number of hydrogen-bond acceptors (Lipinski definition) is 2. The van der Waals surface area contributed by atoms with E-state index in [1.807, 2.05) is 12.2 Å². The van der Waals surface area contributed by atoms with Gasteiger partial charge in [-0.25, -0.2) is 0 Å². The van der Waals surface area contributed by atoms with Crippen molar-refractivity contribution in [1.29, 1.82) is 0 Å². The fourth-order valence-electron chi connectivity index (χ4n) is 1.38. The highest BCUT2D eigenvalue weighted by atomic mass is 16.4. The number of unbranched alkanes of at least 4 members (excludes halogenated alkanes) is 3. The van der Waals surface area contributed by atoms with Crippen molar-refractivity contribution in [3.8, 4) is 0 Å². The summed E-state index contributed by atoms with van der Waals surface area (Å²) in [6, 6.07) is 0. The summed E-state index contributed by atoms with van der Waals surface area (Å²) in [5, 5.41) is 8.66. The van der Waals surface area contributed by atoms with E-state index in [4.69, 9.17) is 5.11 Å². The number of carbonyl (C=O) groups excluding carboxylic acids is 1. The molecule has 1 N–H and O–H groups in total. The zero-order valence-corrected chi connectivity index (χ0v) is 10.2. The van der Waals surface area contributed by atoms with E-state index in [9.17, 15) is 9.59 Å². The van der Waals surface area contributed by atoms with Crippen LogP contribution < -0.4 is 0 Å². The van der Waals surface area contributed by atoms with Crippen molar-refractivity contribution in [1.82, 2.24) is 0 Å². The summed E-state index contributed by atoms with van der Waals surface area (Å²) in [6.07, 6.45) is 9.29. The molecule has 0 aliphatic carbocycles. The van der Waals surface area contributed by atoms with Crippen LogP contribution in [0.1, 0.15) is 52.4 Å². The van der Waals surface area contributed by atoms with Gasteiger partial charge in [-0.1, -0.05) is 31.9 Å². The van der Waals surface area contributed by atoms with Gasteiger partial charge in [0.25, 0.3) is 0 Å². The second-order valence-corrected chi connectivity index (χ2v) is 4.25. The SMILES string of the molecule is CC(=O)CC=CCCCCCC(C)C(=O)O. The zero-order valence-electron chi connectivity index (χ0n) is 10.2. The Hall–Kier alpha value is -1.12. The minimum absolute atomic E-state index is 0.187. The third-order valence-electron chi connectivity index (χ3n) is 2.50. The lowest BCUT2D eigenvalue weighted by Gasteiger charge is -2.04. The third-order valence-corrected chi connectivity index (χ3v) is 2.50. The number of carbonyl (C=O) groups is 2. The van der Waals surface area contributed by atoms with Crippen molar-refractivity contribution in [2.75, 3.05) is 0 Å². The van der Waals surface area contributed by atoms with Gasteiger partial charge in [-0.2, -0.15) is 0 Å². The lowest BCUT2D eigenvalue weighted by atomic mass is 10.0. The first-order valence-electron chi connectivity index (χ1n) is 5.91. The summed E-state index contributed by atoms with van der Waals surface area (Å²) < 4.78 is 0. The molecule has 0 aromatic rings. The molecule has 0 aromatic heterocycles. The Kier molecular flexibility index (Phi) is 8.49. The van der Waals surface area contributed by atoms with E-state index >= 15 is 0 Å². The lowest BCUT2D eigenvalue weighted by Crippen LogP contribution is -2.08. The normalized spacial score (nSPS) is 12.9. The van der Waals surface area contributed by atoms with Gasteiger partial charge in [0.1, 0.15) is 5.78 Å². The monoisotopic (exact) mass is 226 g/mol. The molecule has 0 saturated heterocycles. The number of Topliss-reactive ketones (excluding diaryl/α,β-unsaturated/α-hetero) is 1. The maximum Gasteiger partial charge on any atom is 0.306 e. The van der Waals surface area contributed by atoms with Gasteiger partial charge in [-0.15, -0.1) is 0 Å². The van der Waals surface area contributed by atoms with Crippen LogP contribution in [0.3, 0.4) is 0 Å². The topological polar surface area (TPSA) is 54.4 Å². The van der Waals surface area contributed by atoms with E-state index in [-0.39, 0.29) is 11.7 Å². The van der Waals surface area contributed by atoms with Crippen LogP contribution in [-0.4, -0.2) is 16.9 Å². The van der Waals surface area contributed by atoms with Crippen LogP contribution in [0, 0.1) is 5.92 Å². The molecule has 0 aliphatic heterocycles. The van der Waals surface area contributed by atoms with Gasteiger partial charge < -0.3 is 5.11 Å². The van der Waals surface area contributed by atoms with Crippen molar-refractivity contribution in [3.05, 3.63) is 12.2 Å². The van der Waals surface area contributed by atoms with Crippen molar-refractivity contribution in [2.45, 2.75) is 52.4 Å². The number of hydrogen-bond donors (Lipinski definition) is 1. The first kappa shape index (κ1) is 14.9. The van der Waals surface area contributed by atoms with Crippen molar-refractivity contribution in [3.63, 3.8) is 0 Å². The first-order valence-corrected chi connectivity index (χ1v) is 5.91. The lowest BCUT2D eigenvalue weighted by molar-refractivity contribution is -0.141. The van der Waals surface area contributed by atoms with Crippen LogP contribution in [0.4, 0.5) is 0 Å². The van der Waals surface area contributed by atoms with Crippen LogP contribution in [0.25, 0.3) is 0 Å². The minimum atomic E-state index is -0.707. The Balaban J connectivity index is 3.31. The number of allylic oxidation sites excluding steroid dienone is 2. The van der Waals surface area contributed by atoms with Crippen molar-refractivity contribution < 1.29 is 14.7 Å². The Morgan fingerprint density at radius 2 is 1.88 bits per heavy atom. The van der Waals surface area contributed by atoms with Gasteiger partial charge in [0.15, 0.2) is 0 Å². The Bertz CT molecular complexity index is 244. The Morgan fingerprint density at radius 3 is 2.44 bits per heavy atom. The predicted octanol–water partition coefficient (Wildman–Crippen LogP) is 3.19. The molecule has 0 rings (SSSR count). The smallest absolute Gasteiger partial charge is 0.306 e. The highest BCUT2D eigenvalue weighted by Crippen LogP contribution is 2.10. The van der Waals surface area contributed by atoms with Gasteiger partial charge in [-0.05, 0) is 26.2 Å². The predicted molar refractivity (Wildman–Crippen MR) is 64.3 cm³/mol. The number of carboxylic acid groups (broad SMARTS) is 1. The van der Waals surface area contributed by atoms with E-state index in [2.05, 4.69) is 0 Å². The van der Waals surface area contributed by atoms with E-state index in [0.29, 0.717) is 6.42 Å². The van der Waals surface area contributed by atoms with Crippen LogP contribution >= 0.6 is 0 Å². The summed E-state index contributed by atoms with van der Waals surface area (Å²) >= 11 is 0. The van der Waals surface area contributed by atoms with Crippen molar-refractivity contribution >= 4 is 11.8 Å². The number of ketones is 1. The van der Waals surface area contributed by atoms with Gasteiger partial charge >= 0.3 is 5.97 Å². The molecule has 0 fully saturated rings. The van der Waals surface area contributed by atoms with E-state index in [0.717, 1.165) is 32.1 Å². The standard InChI is InChI=1S/C13H22O3/c1-11(13(15)16)9-7-5-3-4-6-8-10-12(2)14/h6,8,11H,3-5,7,9-10H2,1-2H3,(H,15,16). The fraction of sp³-hybridized carbons (Fsp3) is 0.692. The van der Waals surface area contributed by atoms with Gasteiger partial charge in [0, 0.05) is 6.42 Å². The quantitative estimate of drug-likeness (QED) is 0.485. The van der Waals surface area contributed by atoms with E-state index < -0.39 is 5.97 Å². The molecule has 3 heteroatoms. The summed E-state index contributed by atoms with van der Waals surface area (Å²) in [7, 11) is 0. The van der Waals surface area contributed by atoms with Gasteiger partial charge in [0.2, 0.25) is 0 Å². The molecule has 1 atom stereocenters. The molecule has 1 unspecified atom stereocenters. The summed E-state index contributed by atoms with van der Waals surface area (Å²) in [6.45, 7) is 3.33. The van der Waals surface area contributed by atoms with Gasteiger partial charge in [-0.3, -0.25) is 9.59 Å². The second-order valence-electron chi connectivity index (χ2n) is 4.25. The highest BCUT2D eigenvalue weighted by molar-refractivity contribution is 5.76. The average molecular weight is 226 g/mol. The third kappa shape index (κ3) is 9.44. The van der Waals surface area contributed by atoms with Crippen LogP contribution in [0.15, 0.2) is 12.2 Å². The van der Waals surface area contributed by atoms with Crippen LogP contribution in [0.5, 0.6) is 0 Å². The molecule has 0 bridgehead atoms. The summed E-state index contributed by atoms with van der Waals surface area (Å²) in [5.41, 5.74) is 0. The maximum absolute atomic E-state index is 10.6. The molecule has 16 heavy (non-hydrogen) atoms. The number of rotatable bonds is 9. The van der Waals surface area contributed by atoms with Crippen LogP contribution in [-0.2, 0) is 9.59 Å². The first-order chi connectivity index (χ1) is 7.54. The molecule has 0 saturated carbocycles. The molecule has 3 nitrogen and oxygen atoms in total. The molecule has 0 radical (unpaired) electrons. The van der Waals surface area contributed by atoms with Crippen LogP contribution in [0.2, 0.25) is 0 Å². The Labute approximate surface area is 97.5 Å². The summed E-state index contributed by atoms with van der Waals surface area (Å²) in [4.78, 5) is 21.1. The Morgan fingerprint density at radius 1 is 1.19 bits per heavy atom. The molecular weight excluding hydrogens is 204 g/mol. The number of aliphatic carboxylic acids is 1. The molecular formula is C13H22O3. The molecule has 0 heterocycles. The fourth-order valence-corrected chi connectivity index (χ4v) is 1.38. The largest absolute Gasteiger partial charge is 0.481 e. The second kappa shape index (κ2) is 9.13. The van der Waals surface area contributed by atoms with Gasteiger partial charge in [0.05, 0.1) is 5.92 Å². The van der Waals surface area contributed by atoms with E-state index in [1.54, 1.807) is 13.8 Å². The molecule has 92 valence electrons. The molecule has 0 aromatic carbocycles. The zero-order chi connectivity index (χ0) is 12.4. The maximum atomic E-state index is 10.6. The minimum Gasteiger partial charge on any atom is -0.481 e. The average Bonchev–Trinajstić information content (AvgIpc) is 2.21. The summed E-state index contributed by atoms with van der Waals surface area (Å²) in [5.74, 6) is -0.749. The highest BCUT2D eigenvalue weighted by Gasteiger charge is 2.08. The molecule has 0 aliphatic rings. The molecule has 0 spiro atoms. The van der Waals surface area contributed by atoms with Crippen molar-refractivity contribution in [2.24, 2.45) is 5.92 Å². The van der Waals surface area contributed by atoms with E-state index in [1.165, 1.54) is 0 Å². The molecule has 0 amide bonds.